The molecular weight excluding hydrogens is 396 g/mol. The molecule has 0 spiro atoms. The number of nitrogens with one attached hydrogen (secondary N) is 1. The number of hydrazone groups is 1. The topological polar surface area (TPSA) is 87.2 Å². The van der Waals surface area contributed by atoms with E-state index >= 15 is 0 Å². The van der Waals surface area contributed by atoms with Crippen LogP contribution >= 0.6 is 0 Å². The van der Waals surface area contributed by atoms with E-state index in [4.69, 9.17) is 9.47 Å². The Morgan fingerprint density at radius 3 is 2.68 bits per heavy atom. The van der Waals surface area contributed by atoms with Crippen LogP contribution in [0.25, 0.3) is 10.9 Å². The minimum absolute atomic E-state index is 0.0747. The number of carbonyl (C=O) groups excluding carboxylic acids is 2. The van der Waals surface area contributed by atoms with E-state index in [1.54, 1.807) is 37.5 Å². The van der Waals surface area contributed by atoms with Gasteiger partial charge in [-0.05, 0) is 35.4 Å². The summed E-state index contributed by atoms with van der Waals surface area (Å²) in [4.78, 5) is 31.0. The van der Waals surface area contributed by atoms with Gasteiger partial charge in [0.05, 0.1) is 27.0 Å². The minimum atomic E-state index is -0.546. The van der Waals surface area contributed by atoms with Crippen LogP contribution < -0.4 is 9.47 Å². The van der Waals surface area contributed by atoms with Gasteiger partial charge < -0.3 is 19.4 Å². The Morgan fingerprint density at radius 2 is 1.87 bits per heavy atom. The van der Waals surface area contributed by atoms with Crippen LogP contribution in [0.4, 0.5) is 0 Å². The third-order valence-corrected chi connectivity index (χ3v) is 5.90. The summed E-state index contributed by atoms with van der Waals surface area (Å²) in [6, 6.07) is 12.8. The number of rotatable bonds is 4. The maximum Gasteiger partial charge on any atom is 0.266 e. The number of hydrogen-bond acceptors (Lipinski definition) is 5. The van der Waals surface area contributed by atoms with E-state index in [1.165, 1.54) is 5.01 Å². The molecule has 1 saturated heterocycles. The third kappa shape index (κ3) is 3.20. The van der Waals surface area contributed by atoms with Crippen molar-refractivity contribution in [2.45, 2.75) is 19.0 Å². The first-order valence-corrected chi connectivity index (χ1v) is 10.0. The summed E-state index contributed by atoms with van der Waals surface area (Å²) in [5.41, 5.74) is 3.86. The molecule has 8 heteroatoms. The second kappa shape index (κ2) is 7.46. The second-order valence-corrected chi connectivity index (χ2v) is 7.62. The molecule has 31 heavy (non-hydrogen) atoms. The van der Waals surface area contributed by atoms with Gasteiger partial charge in [-0.2, -0.15) is 5.10 Å². The summed E-state index contributed by atoms with van der Waals surface area (Å²) in [7, 11) is 3.13. The maximum atomic E-state index is 13.2. The number of benzene rings is 2. The molecule has 1 atom stereocenters. The van der Waals surface area contributed by atoms with Crippen molar-refractivity contribution in [3.05, 3.63) is 59.3 Å². The average Bonchev–Trinajstić information content (AvgIpc) is 3.17. The first-order chi connectivity index (χ1) is 15.1. The predicted octanol–water partition coefficient (Wildman–Crippen LogP) is 2.31. The third-order valence-electron chi connectivity index (χ3n) is 5.90. The molecule has 3 aromatic rings. The molecule has 158 valence electrons. The molecule has 0 radical (unpaired) electrons. The van der Waals surface area contributed by atoms with Gasteiger partial charge in [0.25, 0.3) is 5.91 Å². The van der Waals surface area contributed by atoms with Crippen LogP contribution in [0.3, 0.4) is 0 Å². The number of H-pyrrole nitrogens is 1. The fourth-order valence-electron chi connectivity index (χ4n) is 4.33. The number of piperazine rings is 1. The number of nitrogens with zero attached hydrogens (tertiary/aromatic N) is 3. The van der Waals surface area contributed by atoms with E-state index in [0.717, 1.165) is 27.7 Å². The van der Waals surface area contributed by atoms with Crippen molar-refractivity contribution in [3.8, 4) is 11.5 Å². The van der Waals surface area contributed by atoms with Gasteiger partial charge in [0.1, 0.15) is 12.6 Å². The lowest BCUT2D eigenvalue weighted by Gasteiger charge is -2.40. The number of hydrogen-bond donors (Lipinski definition) is 1. The molecule has 2 aromatic carbocycles. The number of fused-ring (bicyclic) bond motifs is 4. The Morgan fingerprint density at radius 1 is 1.06 bits per heavy atom. The minimum Gasteiger partial charge on any atom is -0.493 e. The predicted molar refractivity (Wildman–Crippen MR) is 115 cm³/mol. The van der Waals surface area contributed by atoms with Gasteiger partial charge in [-0.15, -0.1) is 0 Å². The molecule has 1 aromatic heterocycles. The average molecular weight is 418 g/mol. The number of para-hydroxylation sites is 1. The number of aromatic nitrogens is 1. The Labute approximate surface area is 179 Å². The van der Waals surface area contributed by atoms with Crippen LogP contribution in [0.5, 0.6) is 11.5 Å². The monoisotopic (exact) mass is 418 g/mol. The van der Waals surface area contributed by atoms with Crippen molar-refractivity contribution in [1.29, 1.82) is 0 Å². The Hall–Kier alpha value is -3.81. The smallest absolute Gasteiger partial charge is 0.266 e. The van der Waals surface area contributed by atoms with Crippen molar-refractivity contribution in [2.24, 2.45) is 5.10 Å². The number of methoxy groups -OCH3 is 2. The molecule has 2 aliphatic heterocycles. The van der Waals surface area contributed by atoms with Crippen molar-refractivity contribution >= 4 is 28.9 Å². The summed E-state index contributed by atoms with van der Waals surface area (Å²) < 4.78 is 10.5. The van der Waals surface area contributed by atoms with Crippen LogP contribution in [-0.4, -0.2) is 59.7 Å². The fraction of sp³-hybridized carbons (Fsp3) is 0.261. The highest BCUT2D eigenvalue weighted by atomic mass is 16.5. The van der Waals surface area contributed by atoms with E-state index in [-0.39, 0.29) is 18.4 Å². The fourth-order valence-corrected chi connectivity index (χ4v) is 4.33. The molecule has 5 rings (SSSR count). The van der Waals surface area contributed by atoms with E-state index in [0.29, 0.717) is 24.5 Å². The van der Waals surface area contributed by atoms with Crippen LogP contribution in [0, 0.1) is 0 Å². The lowest BCUT2D eigenvalue weighted by molar-refractivity contribution is -0.157. The van der Waals surface area contributed by atoms with Crippen molar-refractivity contribution in [1.82, 2.24) is 14.9 Å². The number of amides is 2. The Kier molecular flexibility index (Phi) is 4.62. The second-order valence-electron chi connectivity index (χ2n) is 7.62. The van der Waals surface area contributed by atoms with Gasteiger partial charge in [0, 0.05) is 23.0 Å². The van der Waals surface area contributed by atoms with Gasteiger partial charge in [-0.25, -0.2) is 5.01 Å². The van der Waals surface area contributed by atoms with Crippen molar-refractivity contribution in [2.75, 3.05) is 20.8 Å². The van der Waals surface area contributed by atoms with E-state index in [1.807, 2.05) is 30.3 Å². The first-order valence-electron chi connectivity index (χ1n) is 10.0. The van der Waals surface area contributed by atoms with E-state index in [2.05, 4.69) is 10.1 Å². The van der Waals surface area contributed by atoms with Gasteiger partial charge >= 0.3 is 0 Å². The standard InChI is InChI=1S/C23H22N4O4/c1-30-20-8-7-14(9-21(20)31-2)11-24-27-13-22(28)26-12-18-16(10-19(26)23(27)29)15-5-3-4-6-17(15)25-18/h3-9,11,19,25H,10,12-13H2,1-2H3/t19-/m1/s1. The largest absolute Gasteiger partial charge is 0.493 e. The van der Waals surface area contributed by atoms with Crippen LogP contribution in [0.2, 0.25) is 0 Å². The number of ether oxygens (including phenoxy) is 2. The SMILES string of the molecule is COc1ccc(C=NN2CC(=O)N3Cc4[nH]c5ccccc5c4C[C@@H]3C2=O)cc1OC. The summed E-state index contributed by atoms with van der Waals surface area (Å²) in [6.07, 6.45) is 2.04. The zero-order valence-corrected chi connectivity index (χ0v) is 17.3. The Balaban J connectivity index is 1.41. The van der Waals surface area contributed by atoms with Gasteiger partial charge in [-0.1, -0.05) is 18.2 Å². The van der Waals surface area contributed by atoms with E-state index in [9.17, 15) is 9.59 Å². The molecular formula is C23H22N4O4. The highest BCUT2D eigenvalue weighted by molar-refractivity contribution is 5.97. The van der Waals surface area contributed by atoms with E-state index < -0.39 is 6.04 Å². The highest BCUT2D eigenvalue weighted by Gasteiger charge is 2.43. The zero-order valence-electron chi connectivity index (χ0n) is 17.3. The highest BCUT2D eigenvalue weighted by Crippen LogP contribution is 2.32. The van der Waals surface area contributed by atoms with Gasteiger partial charge in [-0.3, -0.25) is 9.59 Å². The molecule has 1 fully saturated rings. The normalized spacial score (nSPS) is 18.5. The number of aromatic amines is 1. The first kappa shape index (κ1) is 19.2. The van der Waals surface area contributed by atoms with Crippen LogP contribution in [0.1, 0.15) is 16.8 Å². The summed E-state index contributed by atoms with van der Waals surface area (Å²) in [5, 5.41) is 6.68. The molecule has 0 bridgehead atoms. The summed E-state index contributed by atoms with van der Waals surface area (Å²) in [6.45, 7) is 0.334. The molecule has 2 aliphatic rings. The Bertz CT molecular complexity index is 1220. The lowest BCUT2D eigenvalue weighted by Crippen LogP contribution is -2.60. The molecule has 1 N–H and O–H groups in total. The van der Waals surface area contributed by atoms with Gasteiger partial charge in [0.2, 0.25) is 5.91 Å². The van der Waals surface area contributed by atoms with Crippen LogP contribution in [-0.2, 0) is 22.6 Å². The maximum absolute atomic E-state index is 13.2. The lowest BCUT2D eigenvalue weighted by atomic mass is 9.94. The zero-order chi connectivity index (χ0) is 21.5. The molecule has 8 nitrogen and oxygen atoms in total. The summed E-state index contributed by atoms with van der Waals surface area (Å²) in [5.74, 6) is 0.889. The molecule has 0 aliphatic carbocycles. The molecule has 0 saturated carbocycles. The molecule has 2 amide bonds. The summed E-state index contributed by atoms with van der Waals surface area (Å²) >= 11 is 0. The van der Waals surface area contributed by atoms with Crippen molar-refractivity contribution < 1.29 is 19.1 Å². The molecule has 0 unspecified atom stereocenters. The quantitative estimate of drug-likeness (QED) is 0.659. The van der Waals surface area contributed by atoms with Crippen LogP contribution in [0.15, 0.2) is 47.6 Å². The van der Waals surface area contributed by atoms with Gasteiger partial charge in [0.15, 0.2) is 11.5 Å². The number of carbonyl (C=O) groups is 2. The molecule has 3 heterocycles. The van der Waals surface area contributed by atoms with Crippen molar-refractivity contribution in [3.63, 3.8) is 0 Å².